The smallest absolute Gasteiger partial charge is 0.261 e. The van der Waals surface area contributed by atoms with Gasteiger partial charge in [-0.1, -0.05) is 81.4 Å². The van der Waals surface area contributed by atoms with Gasteiger partial charge < -0.3 is 23.7 Å². The van der Waals surface area contributed by atoms with Crippen molar-refractivity contribution in [3.63, 3.8) is 0 Å². The van der Waals surface area contributed by atoms with Crippen LogP contribution < -0.4 is 10.4 Å². The predicted octanol–water partition coefficient (Wildman–Crippen LogP) is 4.40. The first-order valence-electron chi connectivity index (χ1n) is 13.0. The highest BCUT2D eigenvalue weighted by Gasteiger charge is 2.50. The number of hydrogen-bond donors (Lipinski definition) is 1. The summed E-state index contributed by atoms with van der Waals surface area (Å²) in [6.45, 7) is 11.8. The Morgan fingerprint density at radius 3 is 2.09 bits per heavy atom. The van der Waals surface area contributed by atoms with E-state index < -0.39 is 20.2 Å². The van der Waals surface area contributed by atoms with Gasteiger partial charge in [-0.25, -0.2) is 0 Å². The normalized spacial score (nSPS) is 25.6. The number of hydrogen-bond acceptors (Lipinski definition) is 5. The lowest BCUT2D eigenvalue weighted by molar-refractivity contribution is -0.140. The van der Waals surface area contributed by atoms with Crippen LogP contribution in [0.3, 0.4) is 0 Å². The van der Waals surface area contributed by atoms with Gasteiger partial charge in [0.15, 0.2) is 5.79 Å². The summed E-state index contributed by atoms with van der Waals surface area (Å²) >= 11 is 0. The van der Waals surface area contributed by atoms with Crippen molar-refractivity contribution in [1.29, 1.82) is 0 Å². The molecule has 6 heteroatoms. The van der Waals surface area contributed by atoms with Crippen LogP contribution in [0, 0.1) is 0 Å². The highest BCUT2D eigenvalue weighted by atomic mass is 28.4. The molecule has 2 saturated heterocycles. The van der Waals surface area contributed by atoms with Gasteiger partial charge in [-0.2, -0.15) is 0 Å². The lowest BCUT2D eigenvalue weighted by Crippen LogP contribution is -2.67. The Morgan fingerprint density at radius 1 is 0.971 bits per heavy atom. The van der Waals surface area contributed by atoms with Gasteiger partial charge in [0, 0.05) is 0 Å². The van der Waals surface area contributed by atoms with Gasteiger partial charge in [0.25, 0.3) is 8.32 Å². The largest absolute Gasteiger partial charge is 0.405 e. The van der Waals surface area contributed by atoms with Gasteiger partial charge in [0.2, 0.25) is 0 Å². The van der Waals surface area contributed by atoms with E-state index in [2.05, 4.69) is 81.4 Å². The van der Waals surface area contributed by atoms with Crippen LogP contribution in [-0.2, 0) is 18.6 Å². The zero-order chi connectivity index (χ0) is 25.1. The summed E-state index contributed by atoms with van der Waals surface area (Å²) in [4.78, 5) is 0. The second-order valence-electron chi connectivity index (χ2n) is 11.4. The minimum Gasteiger partial charge on any atom is -0.405 e. The monoisotopic (exact) mass is 498 g/mol. The Bertz CT molecular complexity index is 888. The second kappa shape index (κ2) is 10.8. The first-order valence-corrected chi connectivity index (χ1v) is 14.9. The standard InChI is InChI=1S/C29H42O5Si/c1-28(2,3)35(24-12-8-6-9-13-24,25-14-10-7-11-15-25)32-21-22-17-19-27(33-22)26(30)18-16-23-20-31-29(4,5)34-23/h6-15,22-23,26-27,30H,16-21H2,1-5H3/t22-,23-,26-,27-/m0/s1. The third kappa shape index (κ3) is 6.07. The number of rotatable bonds is 9. The van der Waals surface area contributed by atoms with Gasteiger partial charge in [-0.15, -0.1) is 0 Å². The molecular formula is C29H42O5Si. The summed E-state index contributed by atoms with van der Waals surface area (Å²) in [5, 5.41) is 13.3. The Hall–Kier alpha value is -1.54. The van der Waals surface area contributed by atoms with Crippen molar-refractivity contribution in [3.05, 3.63) is 60.7 Å². The average Bonchev–Trinajstić information content (AvgIpc) is 3.44. The molecule has 0 spiro atoms. The third-order valence-electron chi connectivity index (χ3n) is 7.32. The fourth-order valence-corrected chi connectivity index (χ4v) is 10.2. The number of aliphatic hydroxyl groups excluding tert-OH is 1. The van der Waals surface area contributed by atoms with E-state index in [4.69, 9.17) is 18.6 Å². The zero-order valence-corrected chi connectivity index (χ0v) is 22.9. The summed E-state index contributed by atoms with van der Waals surface area (Å²) in [6, 6.07) is 21.4. The van der Waals surface area contributed by atoms with E-state index in [0.29, 0.717) is 19.6 Å². The van der Waals surface area contributed by atoms with Crippen LogP contribution >= 0.6 is 0 Å². The highest BCUT2D eigenvalue weighted by molar-refractivity contribution is 6.99. The number of aliphatic hydroxyl groups is 1. The molecule has 2 aliphatic heterocycles. The van der Waals surface area contributed by atoms with Crippen LogP contribution in [0.1, 0.15) is 60.3 Å². The molecule has 0 aromatic heterocycles. The van der Waals surface area contributed by atoms with E-state index in [9.17, 15) is 5.11 Å². The van der Waals surface area contributed by atoms with Crippen molar-refractivity contribution in [2.45, 2.75) is 95.5 Å². The van der Waals surface area contributed by atoms with E-state index in [1.54, 1.807) is 0 Å². The predicted molar refractivity (Wildman–Crippen MR) is 142 cm³/mol. The molecule has 2 heterocycles. The van der Waals surface area contributed by atoms with Crippen LogP contribution in [0.5, 0.6) is 0 Å². The highest BCUT2D eigenvalue weighted by Crippen LogP contribution is 2.37. The van der Waals surface area contributed by atoms with Crippen molar-refractivity contribution in [2.75, 3.05) is 13.2 Å². The van der Waals surface area contributed by atoms with E-state index in [-0.39, 0.29) is 23.4 Å². The fourth-order valence-electron chi connectivity index (χ4n) is 5.57. The van der Waals surface area contributed by atoms with E-state index >= 15 is 0 Å². The van der Waals surface area contributed by atoms with Gasteiger partial charge >= 0.3 is 0 Å². The average molecular weight is 499 g/mol. The zero-order valence-electron chi connectivity index (χ0n) is 21.9. The van der Waals surface area contributed by atoms with Gasteiger partial charge in [0.1, 0.15) is 0 Å². The van der Waals surface area contributed by atoms with E-state index in [1.807, 2.05) is 13.8 Å². The summed E-state index contributed by atoms with van der Waals surface area (Å²) in [5.41, 5.74) is 0. The van der Waals surface area contributed by atoms with Crippen LogP contribution in [0.25, 0.3) is 0 Å². The van der Waals surface area contributed by atoms with E-state index in [1.165, 1.54) is 10.4 Å². The van der Waals surface area contributed by atoms with Gasteiger partial charge in [-0.3, -0.25) is 0 Å². The second-order valence-corrected chi connectivity index (χ2v) is 15.7. The van der Waals surface area contributed by atoms with Crippen molar-refractivity contribution in [2.24, 2.45) is 0 Å². The molecule has 192 valence electrons. The molecule has 1 N–H and O–H groups in total. The Balaban J connectivity index is 1.42. The first-order chi connectivity index (χ1) is 16.6. The third-order valence-corrected chi connectivity index (χ3v) is 12.3. The Kier molecular flexibility index (Phi) is 8.21. The summed E-state index contributed by atoms with van der Waals surface area (Å²) in [7, 11) is -2.59. The lowest BCUT2D eigenvalue weighted by Gasteiger charge is -2.43. The van der Waals surface area contributed by atoms with E-state index in [0.717, 1.165) is 19.3 Å². The minimum absolute atomic E-state index is 0.0127. The molecule has 5 nitrogen and oxygen atoms in total. The molecule has 2 aromatic rings. The molecule has 2 aliphatic rings. The Labute approximate surface area is 211 Å². The molecule has 0 saturated carbocycles. The van der Waals surface area contributed by atoms with Crippen LogP contribution in [0.2, 0.25) is 5.04 Å². The lowest BCUT2D eigenvalue weighted by atomic mass is 10.0. The first kappa shape index (κ1) is 26.5. The van der Waals surface area contributed by atoms with Crippen molar-refractivity contribution in [1.82, 2.24) is 0 Å². The van der Waals surface area contributed by atoms with Crippen LogP contribution in [-0.4, -0.2) is 56.8 Å². The van der Waals surface area contributed by atoms with Crippen molar-refractivity contribution in [3.8, 4) is 0 Å². The summed E-state index contributed by atoms with van der Waals surface area (Å²) in [5.74, 6) is -0.525. The van der Waals surface area contributed by atoms with Crippen LogP contribution in [0.4, 0.5) is 0 Å². The number of benzene rings is 2. The maximum absolute atomic E-state index is 10.8. The number of ether oxygens (including phenoxy) is 3. The van der Waals surface area contributed by atoms with Gasteiger partial charge in [-0.05, 0) is 54.9 Å². The summed E-state index contributed by atoms with van der Waals surface area (Å²) < 4.78 is 24.9. The van der Waals surface area contributed by atoms with Crippen molar-refractivity contribution < 1.29 is 23.7 Å². The minimum atomic E-state index is -2.59. The summed E-state index contributed by atoms with van der Waals surface area (Å²) in [6.07, 6.45) is 2.54. The molecule has 2 aromatic carbocycles. The molecule has 0 aliphatic carbocycles. The maximum atomic E-state index is 10.8. The van der Waals surface area contributed by atoms with Crippen molar-refractivity contribution >= 4 is 18.7 Å². The van der Waals surface area contributed by atoms with Crippen LogP contribution in [0.15, 0.2) is 60.7 Å². The molecule has 35 heavy (non-hydrogen) atoms. The molecule has 4 rings (SSSR count). The SMILES string of the molecule is CC1(C)OC[C@H](CC[C@H](O)[C@@H]2CC[C@@H](CO[Si](c3ccccc3)(c3ccccc3)C(C)(C)C)O2)O1. The molecule has 0 unspecified atom stereocenters. The molecular weight excluding hydrogens is 456 g/mol. The fraction of sp³-hybridized carbons (Fsp3) is 0.586. The van der Waals surface area contributed by atoms with Gasteiger partial charge in [0.05, 0.1) is 37.6 Å². The molecule has 0 amide bonds. The molecule has 2 fully saturated rings. The Morgan fingerprint density at radius 2 is 1.57 bits per heavy atom. The topological polar surface area (TPSA) is 57.2 Å². The molecule has 0 radical (unpaired) electrons. The quantitative estimate of drug-likeness (QED) is 0.519. The molecule has 0 bridgehead atoms. The molecule has 4 atom stereocenters. The maximum Gasteiger partial charge on any atom is 0.261 e.